The summed E-state index contributed by atoms with van der Waals surface area (Å²) in [5, 5.41) is 8.83. The molecule has 3 aromatic rings. The van der Waals surface area contributed by atoms with Crippen LogP contribution in [0.25, 0.3) is 11.0 Å². The monoisotopic (exact) mass is 281 g/mol. The lowest BCUT2D eigenvalue weighted by molar-refractivity contribution is 0.0696. The molecule has 104 valence electrons. The number of fused-ring (bicyclic) bond motifs is 1. The Morgan fingerprint density at radius 1 is 1.00 bits per heavy atom. The van der Waals surface area contributed by atoms with Gasteiger partial charge in [-0.2, -0.15) is 0 Å². The van der Waals surface area contributed by atoms with Gasteiger partial charge in [-0.1, -0.05) is 12.1 Å². The Morgan fingerprint density at radius 2 is 1.67 bits per heavy atom. The zero-order valence-electron chi connectivity index (χ0n) is 10.9. The van der Waals surface area contributed by atoms with Crippen molar-refractivity contribution in [2.75, 3.05) is 5.43 Å². The zero-order valence-corrected chi connectivity index (χ0v) is 10.9. The van der Waals surface area contributed by atoms with Crippen LogP contribution in [0.2, 0.25) is 0 Å². The number of rotatable bonds is 3. The Labute approximate surface area is 119 Å². The van der Waals surface area contributed by atoms with E-state index < -0.39 is 5.97 Å². The van der Waals surface area contributed by atoms with Crippen molar-refractivity contribution in [3.05, 3.63) is 66.0 Å². The first-order valence-electron chi connectivity index (χ1n) is 6.22. The molecule has 0 aliphatic rings. The largest absolute Gasteiger partial charge is 0.478 e. The predicted octanol–water partition coefficient (Wildman–Crippen LogP) is 2.12. The zero-order chi connectivity index (χ0) is 14.8. The summed E-state index contributed by atoms with van der Waals surface area (Å²) in [6, 6.07) is 13.1. The second-order valence-electron chi connectivity index (χ2n) is 4.43. The second-order valence-corrected chi connectivity index (χ2v) is 4.43. The molecule has 21 heavy (non-hydrogen) atoms. The van der Waals surface area contributed by atoms with Crippen LogP contribution >= 0.6 is 0 Å². The number of carbonyl (C=O) groups is 2. The fraction of sp³-hybridized carbons (Fsp3) is 0. The van der Waals surface area contributed by atoms with Crippen LogP contribution in [0.4, 0.5) is 0 Å². The van der Waals surface area contributed by atoms with Gasteiger partial charge in [0.15, 0.2) is 0 Å². The van der Waals surface area contributed by atoms with Gasteiger partial charge in [0.2, 0.25) is 0 Å². The van der Waals surface area contributed by atoms with Crippen LogP contribution < -0.4 is 5.43 Å². The third-order valence-corrected chi connectivity index (χ3v) is 3.07. The highest BCUT2D eigenvalue weighted by Gasteiger charge is 2.09. The fourth-order valence-electron chi connectivity index (χ4n) is 1.99. The first-order valence-corrected chi connectivity index (χ1v) is 6.22. The molecule has 0 radical (unpaired) electrons. The third-order valence-electron chi connectivity index (χ3n) is 3.07. The summed E-state index contributed by atoms with van der Waals surface area (Å²) in [7, 11) is 0. The van der Waals surface area contributed by atoms with Gasteiger partial charge in [0.05, 0.1) is 16.6 Å². The van der Waals surface area contributed by atoms with Crippen molar-refractivity contribution in [1.29, 1.82) is 0 Å². The molecule has 3 rings (SSSR count). The SMILES string of the molecule is O=C(O)c1ccc(C(=O)Nn2cnc3ccccc32)cc1. The molecule has 2 N–H and O–H groups in total. The smallest absolute Gasteiger partial charge is 0.335 e. The fourth-order valence-corrected chi connectivity index (χ4v) is 1.99. The Balaban J connectivity index is 1.84. The first-order chi connectivity index (χ1) is 10.1. The molecule has 0 saturated carbocycles. The van der Waals surface area contributed by atoms with E-state index in [1.807, 2.05) is 24.3 Å². The van der Waals surface area contributed by atoms with Crippen LogP contribution in [-0.2, 0) is 0 Å². The minimum Gasteiger partial charge on any atom is -0.478 e. The number of nitrogens with one attached hydrogen (secondary N) is 1. The molecule has 0 fully saturated rings. The summed E-state index contributed by atoms with van der Waals surface area (Å²) in [6.45, 7) is 0. The minimum atomic E-state index is -1.03. The molecule has 1 heterocycles. The van der Waals surface area contributed by atoms with Gasteiger partial charge in [-0.05, 0) is 36.4 Å². The lowest BCUT2D eigenvalue weighted by Gasteiger charge is -2.07. The van der Waals surface area contributed by atoms with Crippen molar-refractivity contribution in [2.45, 2.75) is 0 Å². The maximum atomic E-state index is 12.1. The summed E-state index contributed by atoms with van der Waals surface area (Å²) >= 11 is 0. The van der Waals surface area contributed by atoms with Crippen molar-refractivity contribution in [1.82, 2.24) is 9.66 Å². The molecule has 0 unspecified atom stereocenters. The van der Waals surface area contributed by atoms with Crippen LogP contribution in [-0.4, -0.2) is 26.6 Å². The molecule has 6 heteroatoms. The normalized spacial score (nSPS) is 10.5. The van der Waals surface area contributed by atoms with Gasteiger partial charge in [-0.3, -0.25) is 10.2 Å². The van der Waals surface area contributed by atoms with Crippen LogP contribution in [0.15, 0.2) is 54.9 Å². The number of carbonyl (C=O) groups excluding carboxylic acids is 1. The van der Waals surface area contributed by atoms with Gasteiger partial charge in [0, 0.05) is 5.56 Å². The molecule has 1 aromatic heterocycles. The summed E-state index contributed by atoms with van der Waals surface area (Å²) in [5.41, 5.74) is 4.77. The van der Waals surface area contributed by atoms with Crippen molar-refractivity contribution in [3.63, 3.8) is 0 Å². The van der Waals surface area contributed by atoms with Gasteiger partial charge in [0.1, 0.15) is 6.33 Å². The number of amides is 1. The lowest BCUT2D eigenvalue weighted by Crippen LogP contribution is -2.22. The molecule has 2 aromatic carbocycles. The van der Waals surface area contributed by atoms with E-state index in [0.717, 1.165) is 11.0 Å². The number of para-hydroxylation sites is 2. The number of carboxylic acids is 1. The van der Waals surface area contributed by atoms with Gasteiger partial charge in [0.25, 0.3) is 5.91 Å². The Morgan fingerprint density at radius 3 is 2.38 bits per heavy atom. The quantitative estimate of drug-likeness (QED) is 0.770. The van der Waals surface area contributed by atoms with Gasteiger partial charge >= 0.3 is 5.97 Å². The number of imidazole rings is 1. The number of aromatic carboxylic acids is 1. The summed E-state index contributed by atoms with van der Waals surface area (Å²) < 4.78 is 1.53. The van der Waals surface area contributed by atoms with E-state index in [9.17, 15) is 9.59 Å². The van der Waals surface area contributed by atoms with Crippen molar-refractivity contribution < 1.29 is 14.7 Å². The lowest BCUT2D eigenvalue weighted by atomic mass is 10.1. The van der Waals surface area contributed by atoms with Gasteiger partial charge in [-0.15, -0.1) is 0 Å². The van der Waals surface area contributed by atoms with Gasteiger partial charge < -0.3 is 5.11 Å². The summed E-state index contributed by atoms with van der Waals surface area (Å²) in [6.07, 6.45) is 1.52. The van der Waals surface area contributed by atoms with Crippen LogP contribution in [0.3, 0.4) is 0 Å². The van der Waals surface area contributed by atoms with E-state index in [0.29, 0.717) is 5.56 Å². The first kappa shape index (κ1) is 12.9. The number of carboxylic acid groups (broad SMARTS) is 1. The van der Waals surface area contributed by atoms with E-state index in [2.05, 4.69) is 10.4 Å². The van der Waals surface area contributed by atoms with E-state index in [4.69, 9.17) is 5.11 Å². The van der Waals surface area contributed by atoms with Crippen molar-refractivity contribution >= 4 is 22.9 Å². The molecule has 0 aliphatic heterocycles. The Bertz CT molecular complexity index is 822. The van der Waals surface area contributed by atoms with Crippen molar-refractivity contribution in [3.8, 4) is 0 Å². The van der Waals surface area contributed by atoms with E-state index >= 15 is 0 Å². The van der Waals surface area contributed by atoms with Gasteiger partial charge in [-0.25, -0.2) is 14.5 Å². The Hall–Kier alpha value is -3.15. The van der Waals surface area contributed by atoms with Crippen molar-refractivity contribution in [2.24, 2.45) is 0 Å². The summed E-state index contributed by atoms with van der Waals surface area (Å²) in [5.74, 6) is -1.36. The molecule has 1 amide bonds. The average Bonchev–Trinajstić information content (AvgIpc) is 2.91. The predicted molar refractivity (Wildman–Crippen MR) is 76.8 cm³/mol. The molecule has 0 atom stereocenters. The highest BCUT2D eigenvalue weighted by atomic mass is 16.4. The molecule has 0 bridgehead atoms. The van der Waals surface area contributed by atoms with E-state index in [1.54, 1.807) is 0 Å². The number of benzene rings is 2. The van der Waals surface area contributed by atoms with E-state index in [1.165, 1.54) is 35.3 Å². The standard InChI is InChI=1S/C15H11N3O3/c19-14(10-5-7-11(8-6-10)15(20)21)17-18-9-16-12-3-1-2-4-13(12)18/h1-9H,(H,17,19)(H,20,21). The topological polar surface area (TPSA) is 84.2 Å². The van der Waals surface area contributed by atoms with Crippen LogP contribution in [0.5, 0.6) is 0 Å². The second kappa shape index (κ2) is 5.09. The third kappa shape index (κ3) is 2.46. The van der Waals surface area contributed by atoms with E-state index in [-0.39, 0.29) is 11.5 Å². The van der Waals surface area contributed by atoms with Crippen LogP contribution in [0, 0.1) is 0 Å². The maximum absolute atomic E-state index is 12.1. The minimum absolute atomic E-state index is 0.139. The molecule has 0 aliphatic carbocycles. The molecule has 0 saturated heterocycles. The Kier molecular flexibility index (Phi) is 3.12. The highest BCUT2D eigenvalue weighted by Crippen LogP contribution is 2.11. The highest BCUT2D eigenvalue weighted by molar-refractivity contribution is 6.01. The molecular weight excluding hydrogens is 270 g/mol. The number of aromatic nitrogens is 2. The molecular formula is C15H11N3O3. The maximum Gasteiger partial charge on any atom is 0.335 e. The number of nitrogens with zero attached hydrogens (tertiary/aromatic N) is 2. The molecule has 6 nitrogen and oxygen atoms in total. The van der Waals surface area contributed by atoms with Crippen LogP contribution in [0.1, 0.15) is 20.7 Å². The average molecular weight is 281 g/mol. The number of hydrogen-bond acceptors (Lipinski definition) is 3. The molecule has 0 spiro atoms. The number of hydrogen-bond donors (Lipinski definition) is 2. The summed E-state index contributed by atoms with van der Waals surface area (Å²) in [4.78, 5) is 27.1.